The van der Waals surface area contributed by atoms with Crippen molar-refractivity contribution in [3.8, 4) is 0 Å². The molecule has 4 aliphatic carbocycles. The first-order valence-corrected chi connectivity index (χ1v) is 8.68. The Labute approximate surface area is 128 Å². The maximum atomic E-state index is 11.7. The van der Waals surface area contributed by atoms with Gasteiger partial charge < -0.3 is 0 Å². The number of rotatable bonds is 1. The Balaban J connectivity index is 1.68. The fourth-order valence-corrected chi connectivity index (χ4v) is 6.08. The van der Waals surface area contributed by atoms with E-state index in [1.54, 1.807) is 0 Å². The van der Waals surface area contributed by atoms with Gasteiger partial charge in [0, 0.05) is 6.42 Å². The molecule has 112 valence electrons. The van der Waals surface area contributed by atoms with Crippen molar-refractivity contribution >= 4 is 5.78 Å². The quantitative estimate of drug-likeness (QED) is 0.637. The fraction of sp³-hybridized carbons (Fsp3) is 0.650. The van der Waals surface area contributed by atoms with Crippen LogP contribution in [0.2, 0.25) is 0 Å². The molecule has 6 atom stereocenters. The normalized spacial score (nSPS) is 48.1. The van der Waals surface area contributed by atoms with E-state index in [9.17, 15) is 4.79 Å². The molecule has 0 radical (unpaired) electrons. The number of carbonyl (C=O) groups excluding carboxylic acids is 1. The standard InChI is InChI=1S/C20H26O/c1-3-14-5-9-19-18-7-4-13-12-15(21)6-8-16(13)17(18)10-11-20(14,19)2/h3-4,7,12,14,16-19H,1,5-6,8-11H2,2H3. The molecule has 4 rings (SSSR count). The molecule has 0 aromatic rings. The smallest absolute Gasteiger partial charge is 0.155 e. The molecule has 4 aliphatic rings. The van der Waals surface area contributed by atoms with Crippen LogP contribution in [0.1, 0.15) is 45.4 Å². The van der Waals surface area contributed by atoms with Gasteiger partial charge in [-0.25, -0.2) is 0 Å². The summed E-state index contributed by atoms with van der Waals surface area (Å²) in [5.74, 6) is 4.05. The summed E-state index contributed by atoms with van der Waals surface area (Å²) >= 11 is 0. The van der Waals surface area contributed by atoms with Gasteiger partial charge in [-0.2, -0.15) is 0 Å². The maximum absolute atomic E-state index is 11.7. The number of allylic oxidation sites excluding steroid dienone is 5. The van der Waals surface area contributed by atoms with Gasteiger partial charge in [0.1, 0.15) is 0 Å². The van der Waals surface area contributed by atoms with Crippen molar-refractivity contribution < 1.29 is 4.79 Å². The second kappa shape index (κ2) is 4.69. The van der Waals surface area contributed by atoms with Crippen molar-refractivity contribution in [3.63, 3.8) is 0 Å². The SMILES string of the molecule is C=CC1CCC2C3C=CC4=CC(=O)CCC4C3CCC12C. The first kappa shape index (κ1) is 13.5. The van der Waals surface area contributed by atoms with Gasteiger partial charge in [-0.3, -0.25) is 4.79 Å². The third-order valence-electron chi connectivity index (χ3n) is 7.23. The average molecular weight is 282 g/mol. The topological polar surface area (TPSA) is 17.1 Å². The van der Waals surface area contributed by atoms with Crippen LogP contribution in [0.25, 0.3) is 0 Å². The molecule has 1 heteroatoms. The minimum absolute atomic E-state index is 0.331. The summed E-state index contributed by atoms with van der Waals surface area (Å²) in [6.45, 7) is 6.60. The van der Waals surface area contributed by atoms with Gasteiger partial charge in [0.05, 0.1) is 0 Å². The zero-order valence-corrected chi connectivity index (χ0v) is 13.1. The lowest BCUT2D eigenvalue weighted by molar-refractivity contribution is -0.115. The van der Waals surface area contributed by atoms with Crippen molar-refractivity contribution in [2.45, 2.75) is 45.4 Å². The first-order chi connectivity index (χ1) is 10.1. The minimum atomic E-state index is 0.331. The fourth-order valence-electron chi connectivity index (χ4n) is 6.08. The summed E-state index contributed by atoms with van der Waals surface area (Å²) in [5.41, 5.74) is 1.80. The molecule has 0 saturated heterocycles. The van der Waals surface area contributed by atoms with Crippen LogP contribution in [0.15, 0.2) is 36.5 Å². The Kier molecular flexibility index (Phi) is 3.03. The van der Waals surface area contributed by atoms with Crippen LogP contribution in [0.4, 0.5) is 0 Å². The van der Waals surface area contributed by atoms with Crippen molar-refractivity contribution in [3.05, 3.63) is 36.5 Å². The van der Waals surface area contributed by atoms with Gasteiger partial charge in [0.15, 0.2) is 5.78 Å². The molecule has 0 bridgehead atoms. The van der Waals surface area contributed by atoms with Crippen molar-refractivity contribution in [2.75, 3.05) is 0 Å². The predicted molar refractivity (Wildman–Crippen MR) is 85.7 cm³/mol. The maximum Gasteiger partial charge on any atom is 0.155 e. The average Bonchev–Trinajstić information content (AvgIpc) is 2.83. The molecule has 6 unspecified atom stereocenters. The minimum Gasteiger partial charge on any atom is -0.295 e. The van der Waals surface area contributed by atoms with E-state index in [4.69, 9.17) is 0 Å². The highest BCUT2D eigenvalue weighted by Gasteiger charge is 2.54. The van der Waals surface area contributed by atoms with E-state index in [0.29, 0.717) is 23.0 Å². The summed E-state index contributed by atoms with van der Waals surface area (Å²) in [5, 5.41) is 0. The van der Waals surface area contributed by atoms with Crippen LogP contribution in [-0.2, 0) is 4.79 Å². The Morgan fingerprint density at radius 3 is 2.95 bits per heavy atom. The predicted octanol–water partition coefficient (Wildman–Crippen LogP) is 4.71. The van der Waals surface area contributed by atoms with Crippen LogP contribution in [0, 0.1) is 35.0 Å². The van der Waals surface area contributed by atoms with Crippen molar-refractivity contribution in [1.82, 2.24) is 0 Å². The number of fused-ring (bicyclic) bond motifs is 5. The van der Waals surface area contributed by atoms with Gasteiger partial charge in [-0.05, 0) is 78.8 Å². The highest BCUT2D eigenvalue weighted by atomic mass is 16.1. The van der Waals surface area contributed by atoms with Crippen LogP contribution in [0.5, 0.6) is 0 Å². The third kappa shape index (κ3) is 1.86. The zero-order valence-electron chi connectivity index (χ0n) is 13.1. The Bertz CT molecular complexity index is 540. The number of hydrogen-bond donors (Lipinski definition) is 0. The number of hydrogen-bond acceptors (Lipinski definition) is 1. The van der Waals surface area contributed by atoms with E-state index in [1.807, 2.05) is 6.08 Å². The lowest BCUT2D eigenvalue weighted by atomic mass is 9.53. The summed E-state index contributed by atoms with van der Waals surface area (Å²) < 4.78 is 0. The van der Waals surface area contributed by atoms with Crippen LogP contribution in [-0.4, -0.2) is 5.78 Å². The molecule has 0 aromatic heterocycles. The van der Waals surface area contributed by atoms with E-state index in [-0.39, 0.29) is 0 Å². The molecule has 21 heavy (non-hydrogen) atoms. The Morgan fingerprint density at radius 1 is 1.29 bits per heavy atom. The zero-order chi connectivity index (χ0) is 14.6. The highest BCUT2D eigenvalue weighted by Crippen LogP contribution is 2.62. The van der Waals surface area contributed by atoms with Crippen LogP contribution >= 0.6 is 0 Å². The molecule has 0 heterocycles. The monoisotopic (exact) mass is 282 g/mol. The molecule has 0 aromatic carbocycles. The molecule has 1 nitrogen and oxygen atoms in total. The van der Waals surface area contributed by atoms with E-state index < -0.39 is 0 Å². The Hall–Kier alpha value is -1.11. The van der Waals surface area contributed by atoms with Crippen LogP contribution in [0.3, 0.4) is 0 Å². The molecule has 2 fully saturated rings. The molecule has 0 aliphatic heterocycles. The second-order valence-corrected chi connectivity index (χ2v) is 7.93. The van der Waals surface area contributed by atoms with E-state index in [2.05, 4.69) is 31.7 Å². The number of carbonyl (C=O) groups is 1. The van der Waals surface area contributed by atoms with Crippen molar-refractivity contribution in [1.29, 1.82) is 0 Å². The molecule has 0 amide bonds. The summed E-state index contributed by atoms with van der Waals surface area (Å²) in [6, 6.07) is 0. The summed E-state index contributed by atoms with van der Waals surface area (Å²) in [7, 11) is 0. The number of ketones is 1. The van der Waals surface area contributed by atoms with Gasteiger partial charge >= 0.3 is 0 Å². The van der Waals surface area contributed by atoms with Gasteiger partial charge in [-0.1, -0.05) is 25.2 Å². The lowest BCUT2D eigenvalue weighted by Crippen LogP contribution is -2.44. The first-order valence-electron chi connectivity index (χ1n) is 8.68. The van der Waals surface area contributed by atoms with E-state index >= 15 is 0 Å². The Morgan fingerprint density at radius 2 is 2.14 bits per heavy atom. The highest BCUT2D eigenvalue weighted by molar-refractivity contribution is 5.91. The van der Waals surface area contributed by atoms with Crippen molar-refractivity contribution in [2.24, 2.45) is 35.0 Å². The van der Waals surface area contributed by atoms with E-state index in [0.717, 1.165) is 30.6 Å². The van der Waals surface area contributed by atoms with Gasteiger partial charge in [0.25, 0.3) is 0 Å². The van der Waals surface area contributed by atoms with Crippen LogP contribution < -0.4 is 0 Å². The summed E-state index contributed by atoms with van der Waals surface area (Å²) in [6.07, 6.45) is 16.1. The molecule has 0 N–H and O–H groups in total. The van der Waals surface area contributed by atoms with E-state index in [1.165, 1.54) is 31.3 Å². The largest absolute Gasteiger partial charge is 0.295 e. The van der Waals surface area contributed by atoms with Gasteiger partial charge in [-0.15, -0.1) is 6.58 Å². The summed E-state index contributed by atoms with van der Waals surface area (Å²) in [4.78, 5) is 11.7. The molecule has 0 spiro atoms. The lowest BCUT2D eigenvalue weighted by Gasteiger charge is -2.51. The third-order valence-corrected chi connectivity index (χ3v) is 7.23. The molecular weight excluding hydrogens is 256 g/mol. The van der Waals surface area contributed by atoms with Gasteiger partial charge in [0.2, 0.25) is 0 Å². The molecule has 2 saturated carbocycles. The molecular formula is C20H26O. The second-order valence-electron chi connectivity index (χ2n) is 7.93.